The van der Waals surface area contributed by atoms with Crippen molar-refractivity contribution in [2.75, 3.05) is 20.3 Å². The van der Waals surface area contributed by atoms with Gasteiger partial charge < -0.3 is 49.2 Å². The number of carbonyl (C=O) groups excluding carboxylic acids is 1. The van der Waals surface area contributed by atoms with Gasteiger partial charge in [0.25, 0.3) is 0 Å². The number of aliphatic hydroxyl groups is 4. The summed E-state index contributed by atoms with van der Waals surface area (Å²) in [5, 5.41) is 48.6. The summed E-state index contributed by atoms with van der Waals surface area (Å²) in [7, 11) is 1.11. The molecule has 0 amide bonds. The maximum atomic E-state index is 12.1. The first-order chi connectivity index (χ1) is 14.1. The Labute approximate surface area is 166 Å². The molecular weight excluding hydrogens is 396 g/mol. The van der Waals surface area contributed by atoms with E-state index in [1.807, 2.05) is 0 Å². The van der Waals surface area contributed by atoms with Gasteiger partial charge in [0.05, 0.1) is 51.9 Å². The number of carbonyl (C=O) groups is 2. The normalized spacial score (nSPS) is 44.9. The lowest BCUT2D eigenvalue weighted by molar-refractivity contribution is -0.342. The first-order valence-corrected chi connectivity index (χ1v) is 8.88. The summed E-state index contributed by atoms with van der Waals surface area (Å²) in [6.07, 6.45) is -10.5. The van der Waals surface area contributed by atoms with E-state index >= 15 is 0 Å². The molecule has 2 fully saturated rings. The van der Waals surface area contributed by atoms with Crippen LogP contribution < -0.4 is 0 Å². The standard InChI is InChI=1S/C17H24O12/c1-25-15(24)7-4-27-16(11(9-5-26-9)6(7)2-10(19)20)29-17-14(23)13(22)12(21)8(3-18)28-17/h4,6,8-9,11-14,16-18,21-23H,2-3,5H2,1H3,(H,19,20)/t6-,8-,9-,11+,12-,13+,14-,16+,17+/m1/s1/i9T. The number of hydrogen-bond acceptors (Lipinski definition) is 11. The lowest BCUT2D eigenvalue weighted by atomic mass is 9.79. The summed E-state index contributed by atoms with van der Waals surface area (Å²) in [6, 6.07) is 0. The molecule has 0 saturated carbocycles. The van der Waals surface area contributed by atoms with Crippen LogP contribution >= 0.6 is 0 Å². The van der Waals surface area contributed by atoms with E-state index in [0.717, 1.165) is 13.4 Å². The molecule has 0 bridgehead atoms. The second-order valence-corrected chi connectivity index (χ2v) is 6.89. The summed E-state index contributed by atoms with van der Waals surface area (Å²) < 4.78 is 34.4. The van der Waals surface area contributed by atoms with Crippen molar-refractivity contribution in [3.05, 3.63) is 11.8 Å². The third kappa shape index (κ3) is 4.53. The van der Waals surface area contributed by atoms with Crippen LogP contribution in [0.15, 0.2) is 11.8 Å². The van der Waals surface area contributed by atoms with E-state index in [1.54, 1.807) is 0 Å². The SMILES string of the molecule is [3H][C@]1([C@H]2[C@H](O[C@@H]3O[C@H](CO)[C@@H](O)[C@H](O)[C@H]3O)OC=C(C(=O)OC)[C@H]2CC(=O)O)CO1. The Morgan fingerprint density at radius 1 is 1.24 bits per heavy atom. The number of hydrogen-bond donors (Lipinski definition) is 5. The molecule has 5 N–H and O–H groups in total. The van der Waals surface area contributed by atoms with E-state index < -0.39 is 79.9 Å². The highest BCUT2D eigenvalue weighted by molar-refractivity contribution is 5.89. The number of epoxide rings is 1. The Balaban J connectivity index is 1.88. The van der Waals surface area contributed by atoms with Crippen molar-refractivity contribution < 1.29 is 60.2 Å². The van der Waals surface area contributed by atoms with Crippen LogP contribution in [0, 0.1) is 11.8 Å². The number of methoxy groups -OCH3 is 1. The number of aliphatic carboxylic acids is 1. The van der Waals surface area contributed by atoms with Gasteiger partial charge in [0.1, 0.15) is 24.4 Å². The zero-order valence-corrected chi connectivity index (χ0v) is 15.4. The van der Waals surface area contributed by atoms with E-state index in [1.165, 1.54) is 0 Å². The van der Waals surface area contributed by atoms with Crippen LogP contribution in [0.25, 0.3) is 0 Å². The number of ether oxygens (including phenoxy) is 5. The molecule has 0 aromatic carbocycles. The summed E-state index contributed by atoms with van der Waals surface area (Å²) in [5.74, 6) is -4.32. The molecule has 12 heteroatoms. The van der Waals surface area contributed by atoms with Crippen LogP contribution in [0.5, 0.6) is 0 Å². The first-order valence-electron chi connectivity index (χ1n) is 9.38. The lowest BCUT2D eigenvalue weighted by Gasteiger charge is -2.43. The summed E-state index contributed by atoms with van der Waals surface area (Å²) in [4.78, 5) is 23.5. The molecule has 0 spiro atoms. The third-order valence-electron chi connectivity index (χ3n) is 5.07. The van der Waals surface area contributed by atoms with E-state index in [4.69, 9.17) is 20.3 Å². The van der Waals surface area contributed by atoms with Crippen LogP contribution in [0.1, 0.15) is 7.79 Å². The molecule has 3 rings (SSSR count). The number of carboxylic acids is 1. The number of esters is 1. The monoisotopic (exact) mass is 422 g/mol. The second-order valence-electron chi connectivity index (χ2n) is 6.89. The molecule has 29 heavy (non-hydrogen) atoms. The van der Waals surface area contributed by atoms with E-state index in [2.05, 4.69) is 4.74 Å². The van der Waals surface area contributed by atoms with E-state index in [-0.39, 0.29) is 12.2 Å². The second kappa shape index (κ2) is 8.92. The van der Waals surface area contributed by atoms with Crippen LogP contribution in [0.3, 0.4) is 0 Å². The average molecular weight is 422 g/mol. The van der Waals surface area contributed by atoms with E-state index in [0.29, 0.717) is 0 Å². The minimum atomic E-state index is -1.74. The molecular formula is C17H24O12. The van der Waals surface area contributed by atoms with Crippen molar-refractivity contribution in [1.29, 1.82) is 0 Å². The van der Waals surface area contributed by atoms with Gasteiger partial charge in [0, 0.05) is 5.92 Å². The van der Waals surface area contributed by atoms with Crippen molar-refractivity contribution >= 4 is 11.9 Å². The molecule has 2 saturated heterocycles. The third-order valence-corrected chi connectivity index (χ3v) is 5.07. The van der Waals surface area contributed by atoms with Gasteiger partial charge >= 0.3 is 11.9 Å². The molecule has 3 aliphatic rings. The highest BCUT2D eigenvalue weighted by Gasteiger charge is 2.53. The maximum Gasteiger partial charge on any atom is 0.337 e. The zero-order valence-electron chi connectivity index (χ0n) is 16.4. The quantitative estimate of drug-likeness (QED) is 0.212. The number of rotatable bonds is 7. The Morgan fingerprint density at radius 2 is 1.93 bits per heavy atom. The van der Waals surface area contributed by atoms with Crippen molar-refractivity contribution in [3.63, 3.8) is 0 Å². The van der Waals surface area contributed by atoms with Crippen molar-refractivity contribution in [2.45, 2.75) is 49.5 Å². The lowest BCUT2D eigenvalue weighted by Crippen LogP contribution is -2.60. The molecule has 3 heterocycles. The summed E-state index contributed by atoms with van der Waals surface area (Å²) >= 11 is 0. The fourth-order valence-electron chi connectivity index (χ4n) is 3.48. The fraction of sp³-hybridized carbons (Fsp3) is 0.765. The predicted octanol–water partition coefficient (Wildman–Crippen LogP) is -2.68. The largest absolute Gasteiger partial charge is 0.481 e. The number of carboxylic acid groups (broad SMARTS) is 1. The van der Waals surface area contributed by atoms with Crippen molar-refractivity contribution in [1.82, 2.24) is 0 Å². The molecule has 3 aliphatic heterocycles. The van der Waals surface area contributed by atoms with Crippen LogP contribution in [-0.2, 0) is 33.3 Å². The van der Waals surface area contributed by atoms with Crippen molar-refractivity contribution in [2.24, 2.45) is 11.8 Å². The van der Waals surface area contributed by atoms with Crippen LogP contribution in [-0.4, -0.2) is 101 Å². The predicted molar refractivity (Wildman–Crippen MR) is 88.8 cm³/mol. The molecule has 0 radical (unpaired) electrons. The summed E-state index contributed by atoms with van der Waals surface area (Å²) in [5.41, 5.74) is -0.124. The number of aliphatic hydroxyl groups excluding tert-OH is 4. The van der Waals surface area contributed by atoms with Gasteiger partial charge in [-0.05, 0) is 0 Å². The topological polar surface area (TPSA) is 185 Å². The molecule has 0 aliphatic carbocycles. The minimum Gasteiger partial charge on any atom is -0.481 e. The van der Waals surface area contributed by atoms with Gasteiger partial charge in [0.2, 0.25) is 6.29 Å². The summed E-state index contributed by atoms with van der Waals surface area (Å²) in [6.45, 7) is -0.764. The van der Waals surface area contributed by atoms with Crippen LogP contribution in [0.2, 0.25) is 0 Å². The molecule has 0 unspecified atom stereocenters. The van der Waals surface area contributed by atoms with Gasteiger partial charge in [0.15, 0.2) is 6.29 Å². The fourth-order valence-corrected chi connectivity index (χ4v) is 3.48. The van der Waals surface area contributed by atoms with Crippen molar-refractivity contribution in [3.8, 4) is 0 Å². The van der Waals surface area contributed by atoms with Gasteiger partial charge in [-0.25, -0.2) is 4.79 Å². The van der Waals surface area contributed by atoms with Gasteiger partial charge in [-0.15, -0.1) is 0 Å². The molecule has 0 aromatic heterocycles. The molecule has 12 nitrogen and oxygen atoms in total. The van der Waals surface area contributed by atoms with E-state index in [9.17, 15) is 35.1 Å². The van der Waals surface area contributed by atoms with Gasteiger partial charge in [-0.1, -0.05) is 0 Å². The first kappa shape index (κ1) is 20.5. The Bertz CT molecular complexity index is 692. The van der Waals surface area contributed by atoms with Gasteiger partial charge in [-0.3, -0.25) is 4.79 Å². The molecule has 164 valence electrons. The average Bonchev–Trinajstić information content (AvgIpc) is 3.45. The Kier molecular flexibility index (Phi) is 6.29. The Hall–Kier alpha value is -1.80. The molecule has 0 aromatic rings. The molecule has 9 atom stereocenters. The van der Waals surface area contributed by atoms with Crippen LogP contribution in [0.4, 0.5) is 0 Å². The minimum absolute atomic E-state index is 0.0832. The highest BCUT2D eigenvalue weighted by atomic mass is 16.8. The zero-order chi connectivity index (χ0) is 22.2. The smallest absolute Gasteiger partial charge is 0.337 e. The Morgan fingerprint density at radius 3 is 2.48 bits per heavy atom. The maximum absolute atomic E-state index is 12.1. The van der Waals surface area contributed by atoms with Gasteiger partial charge in [-0.2, -0.15) is 0 Å². The highest BCUT2D eigenvalue weighted by Crippen LogP contribution is 2.42.